The normalized spacial score (nSPS) is 18.3. The number of piperazine rings is 1. The Labute approximate surface area is 177 Å². The summed E-state index contributed by atoms with van der Waals surface area (Å²) >= 11 is 1.49. The molecule has 0 aliphatic carbocycles. The molecule has 3 amide bonds. The van der Waals surface area contributed by atoms with E-state index in [0.717, 1.165) is 39.0 Å². The second-order valence-electron chi connectivity index (χ2n) is 7.82. The quantitative estimate of drug-likeness (QED) is 0.683. The number of carbonyl (C=O) groups excluding carboxylic acids is 3. The molecule has 2 fully saturated rings. The van der Waals surface area contributed by atoms with Gasteiger partial charge in [-0.25, -0.2) is 0 Å². The summed E-state index contributed by atoms with van der Waals surface area (Å²) in [5.41, 5.74) is 0.673. The molecule has 0 saturated carbocycles. The number of nitrogens with zero attached hydrogens (tertiary/aromatic N) is 3. The van der Waals surface area contributed by atoms with Crippen LogP contribution in [0.2, 0.25) is 0 Å². The summed E-state index contributed by atoms with van der Waals surface area (Å²) in [6, 6.07) is 1.79. The molecule has 3 rings (SSSR count). The second-order valence-corrected chi connectivity index (χ2v) is 8.60. The molecule has 0 atom stereocenters. The van der Waals surface area contributed by atoms with E-state index in [1.54, 1.807) is 6.07 Å². The van der Waals surface area contributed by atoms with Crippen LogP contribution in [0.25, 0.3) is 0 Å². The predicted molar refractivity (Wildman–Crippen MR) is 114 cm³/mol. The van der Waals surface area contributed by atoms with Crippen LogP contribution in [0.4, 0.5) is 0 Å². The second kappa shape index (κ2) is 11.3. The SMILES string of the molecule is O=C(NCCCC(=O)N1CCN(CC(=O)N2CCCCCC2)CC1)c1ccsc1. The number of nitrogens with one attached hydrogen (secondary N) is 1. The van der Waals surface area contributed by atoms with Gasteiger partial charge in [-0.1, -0.05) is 12.8 Å². The molecule has 1 N–H and O–H groups in total. The van der Waals surface area contributed by atoms with Gasteiger partial charge in [0.15, 0.2) is 0 Å². The first-order valence-corrected chi connectivity index (χ1v) is 11.7. The van der Waals surface area contributed by atoms with Gasteiger partial charge >= 0.3 is 0 Å². The van der Waals surface area contributed by atoms with E-state index in [1.807, 2.05) is 20.6 Å². The molecule has 8 heteroatoms. The molecule has 0 spiro atoms. The summed E-state index contributed by atoms with van der Waals surface area (Å²) in [5.74, 6) is 0.280. The molecule has 0 unspecified atom stereocenters. The van der Waals surface area contributed by atoms with Crippen molar-refractivity contribution in [2.75, 3.05) is 52.4 Å². The topological polar surface area (TPSA) is 73.0 Å². The van der Waals surface area contributed by atoms with E-state index in [2.05, 4.69) is 10.2 Å². The molecule has 160 valence electrons. The molecule has 29 heavy (non-hydrogen) atoms. The van der Waals surface area contributed by atoms with E-state index in [4.69, 9.17) is 0 Å². The lowest BCUT2D eigenvalue weighted by atomic mass is 10.2. The largest absolute Gasteiger partial charge is 0.352 e. The van der Waals surface area contributed by atoms with Gasteiger partial charge in [-0.3, -0.25) is 19.3 Å². The average Bonchev–Trinajstić information content (AvgIpc) is 3.14. The van der Waals surface area contributed by atoms with Crippen LogP contribution in [-0.4, -0.2) is 84.8 Å². The number of carbonyl (C=O) groups is 3. The molecule has 2 aliphatic heterocycles. The summed E-state index contributed by atoms with van der Waals surface area (Å²) in [6.45, 7) is 5.60. The van der Waals surface area contributed by atoms with Gasteiger partial charge in [0.1, 0.15) is 0 Å². The van der Waals surface area contributed by atoms with Gasteiger partial charge in [-0.2, -0.15) is 11.3 Å². The van der Waals surface area contributed by atoms with Crippen LogP contribution in [-0.2, 0) is 9.59 Å². The number of hydrogen-bond acceptors (Lipinski definition) is 5. The Bertz CT molecular complexity index is 663. The molecule has 1 aromatic heterocycles. The molecule has 2 aliphatic rings. The minimum Gasteiger partial charge on any atom is -0.352 e. The Morgan fingerprint density at radius 1 is 0.897 bits per heavy atom. The minimum absolute atomic E-state index is 0.0820. The fourth-order valence-electron chi connectivity index (χ4n) is 3.86. The predicted octanol–water partition coefficient (Wildman–Crippen LogP) is 1.80. The fraction of sp³-hybridized carbons (Fsp3) is 0.667. The summed E-state index contributed by atoms with van der Waals surface area (Å²) in [5, 5.41) is 6.55. The number of amides is 3. The zero-order valence-corrected chi connectivity index (χ0v) is 17.9. The lowest BCUT2D eigenvalue weighted by Crippen LogP contribution is -2.51. The van der Waals surface area contributed by atoms with Crippen molar-refractivity contribution in [3.63, 3.8) is 0 Å². The third-order valence-corrected chi connectivity index (χ3v) is 6.36. The molecule has 0 radical (unpaired) electrons. The lowest BCUT2D eigenvalue weighted by molar-refractivity contribution is -0.135. The molecule has 0 aromatic carbocycles. The average molecular weight is 421 g/mol. The fourth-order valence-corrected chi connectivity index (χ4v) is 4.50. The maximum Gasteiger partial charge on any atom is 0.252 e. The van der Waals surface area contributed by atoms with Crippen LogP contribution in [0.5, 0.6) is 0 Å². The number of thiophene rings is 1. The monoisotopic (exact) mass is 420 g/mol. The van der Waals surface area contributed by atoms with Crippen molar-refractivity contribution in [3.05, 3.63) is 22.4 Å². The van der Waals surface area contributed by atoms with Gasteiger partial charge in [-0.15, -0.1) is 0 Å². The standard InChI is InChI=1S/C21H32N4O3S/c26-19(6-5-8-22-21(28)18-7-15-29-17-18)25-13-11-23(12-14-25)16-20(27)24-9-3-1-2-4-10-24/h7,15,17H,1-6,8-14,16H2,(H,22,28). The molecule has 1 aromatic rings. The smallest absolute Gasteiger partial charge is 0.252 e. The first kappa shape index (κ1) is 21.8. The molecule has 2 saturated heterocycles. The highest BCUT2D eigenvalue weighted by molar-refractivity contribution is 7.08. The van der Waals surface area contributed by atoms with Crippen LogP contribution >= 0.6 is 11.3 Å². The van der Waals surface area contributed by atoms with Crippen molar-refractivity contribution in [3.8, 4) is 0 Å². The zero-order valence-electron chi connectivity index (χ0n) is 17.1. The molecule has 3 heterocycles. The van der Waals surface area contributed by atoms with Gasteiger partial charge < -0.3 is 15.1 Å². The van der Waals surface area contributed by atoms with Crippen LogP contribution in [0.3, 0.4) is 0 Å². The Balaban J connectivity index is 1.30. The first-order chi connectivity index (χ1) is 14.1. The number of rotatable bonds is 7. The van der Waals surface area contributed by atoms with Crippen molar-refractivity contribution < 1.29 is 14.4 Å². The van der Waals surface area contributed by atoms with Gasteiger partial charge in [-0.05, 0) is 30.7 Å². The summed E-state index contributed by atoms with van der Waals surface area (Å²) in [6.07, 6.45) is 5.76. The van der Waals surface area contributed by atoms with E-state index >= 15 is 0 Å². The Morgan fingerprint density at radius 3 is 2.24 bits per heavy atom. The summed E-state index contributed by atoms with van der Waals surface area (Å²) in [4.78, 5) is 42.9. The van der Waals surface area contributed by atoms with Crippen LogP contribution in [0.15, 0.2) is 16.8 Å². The Morgan fingerprint density at radius 2 is 1.59 bits per heavy atom. The highest BCUT2D eigenvalue weighted by atomic mass is 32.1. The van der Waals surface area contributed by atoms with Crippen molar-refractivity contribution in [2.45, 2.75) is 38.5 Å². The van der Waals surface area contributed by atoms with Crippen LogP contribution in [0.1, 0.15) is 48.9 Å². The molecular weight excluding hydrogens is 388 g/mol. The summed E-state index contributed by atoms with van der Waals surface area (Å²) < 4.78 is 0. The molecule has 0 bridgehead atoms. The van der Waals surface area contributed by atoms with Crippen molar-refractivity contribution in [1.29, 1.82) is 0 Å². The maximum absolute atomic E-state index is 12.5. The highest BCUT2D eigenvalue weighted by Gasteiger charge is 2.24. The van der Waals surface area contributed by atoms with Crippen molar-refractivity contribution >= 4 is 29.1 Å². The van der Waals surface area contributed by atoms with E-state index in [-0.39, 0.29) is 17.7 Å². The third-order valence-electron chi connectivity index (χ3n) is 5.68. The van der Waals surface area contributed by atoms with E-state index < -0.39 is 0 Å². The van der Waals surface area contributed by atoms with Gasteiger partial charge in [0, 0.05) is 63.2 Å². The lowest BCUT2D eigenvalue weighted by Gasteiger charge is -2.35. The van der Waals surface area contributed by atoms with Gasteiger partial charge in [0.2, 0.25) is 11.8 Å². The maximum atomic E-state index is 12.5. The van der Waals surface area contributed by atoms with Crippen molar-refractivity contribution in [2.24, 2.45) is 0 Å². The van der Waals surface area contributed by atoms with Gasteiger partial charge in [0.05, 0.1) is 6.54 Å². The molecule has 7 nitrogen and oxygen atoms in total. The Hall–Kier alpha value is -1.93. The highest BCUT2D eigenvalue weighted by Crippen LogP contribution is 2.11. The van der Waals surface area contributed by atoms with Gasteiger partial charge in [0.25, 0.3) is 5.91 Å². The van der Waals surface area contributed by atoms with Crippen molar-refractivity contribution in [1.82, 2.24) is 20.0 Å². The third kappa shape index (κ3) is 6.82. The van der Waals surface area contributed by atoms with E-state index in [1.165, 1.54) is 24.2 Å². The minimum atomic E-state index is -0.0820. The number of hydrogen-bond donors (Lipinski definition) is 1. The number of likely N-dealkylation sites (tertiary alicyclic amines) is 1. The first-order valence-electron chi connectivity index (χ1n) is 10.7. The van der Waals surface area contributed by atoms with Crippen LogP contribution in [0, 0.1) is 0 Å². The van der Waals surface area contributed by atoms with E-state index in [9.17, 15) is 14.4 Å². The summed E-state index contributed by atoms with van der Waals surface area (Å²) in [7, 11) is 0. The van der Waals surface area contributed by atoms with Crippen LogP contribution < -0.4 is 5.32 Å². The molecular formula is C21H32N4O3S. The van der Waals surface area contributed by atoms with E-state index in [0.29, 0.717) is 44.6 Å². The Kier molecular flexibility index (Phi) is 8.49. The zero-order chi connectivity index (χ0) is 20.5.